The molecular formula is C12H14N2O2S3. The predicted octanol–water partition coefficient (Wildman–Crippen LogP) is 3.81. The van der Waals surface area contributed by atoms with Gasteiger partial charge in [-0.25, -0.2) is 0 Å². The number of aryl methyl sites for hydroxylation is 1. The highest BCUT2D eigenvalue weighted by Crippen LogP contribution is 2.27. The number of carbonyl (C=O) groups is 1. The molecule has 0 unspecified atom stereocenters. The molecule has 0 aliphatic carbocycles. The van der Waals surface area contributed by atoms with Crippen molar-refractivity contribution in [3.05, 3.63) is 20.3 Å². The summed E-state index contributed by atoms with van der Waals surface area (Å²) in [6.45, 7) is 2.27. The van der Waals surface area contributed by atoms with Crippen LogP contribution in [0.1, 0.15) is 24.6 Å². The number of aromatic amines is 1. The van der Waals surface area contributed by atoms with Gasteiger partial charge in [-0.2, -0.15) is 5.10 Å². The molecule has 0 aliphatic heterocycles. The molecule has 0 radical (unpaired) electrons. The number of hydrogen-bond donors (Lipinski definition) is 1. The second kappa shape index (κ2) is 6.93. The molecule has 0 atom stereocenters. The molecule has 7 heteroatoms. The molecule has 0 aromatic carbocycles. The van der Waals surface area contributed by atoms with Crippen molar-refractivity contribution in [2.24, 2.45) is 0 Å². The Morgan fingerprint density at radius 1 is 1.58 bits per heavy atom. The molecule has 0 saturated carbocycles. The minimum absolute atomic E-state index is 0.121. The van der Waals surface area contributed by atoms with E-state index in [0.717, 1.165) is 23.4 Å². The van der Waals surface area contributed by atoms with Gasteiger partial charge in [-0.1, -0.05) is 11.3 Å². The highest BCUT2D eigenvalue weighted by molar-refractivity contribution is 7.73. The number of aromatic nitrogens is 2. The minimum atomic E-state index is -0.121. The number of thiophene rings is 1. The molecule has 0 fully saturated rings. The Kier molecular flexibility index (Phi) is 5.24. The molecule has 2 heterocycles. The first-order valence-corrected chi connectivity index (χ1v) is 8.08. The number of H-pyrrole nitrogens is 1. The standard InChI is InChI=1S/C12H14N2O2S3/c1-2-16-10(15)5-3-4-9-6-8(7-18-9)11-13-14-12(17)19-11/h6-7H,2-5H2,1H3,(H,14,17). The topological polar surface area (TPSA) is 55.0 Å². The Labute approximate surface area is 124 Å². The van der Waals surface area contributed by atoms with Gasteiger partial charge >= 0.3 is 5.97 Å². The first-order chi connectivity index (χ1) is 9.19. The van der Waals surface area contributed by atoms with Crippen LogP contribution in [0.3, 0.4) is 0 Å². The van der Waals surface area contributed by atoms with Gasteiger partial charge in [-0.15, -0.1) is 11.3 Å². The van der Waals surface area contributed by atoms with Crippen LogP contribution in [0.5, 0.6) is 0 Å². The van der Waals surface area contributed by atoms with E-state index in [1.807, 2.05) is 6.92 Å². The second-order valence-corrected chi connectivity index (χ2v) is 6.54. The lowest BCUT2D eigenvalue weighted by Gasteiger charge is -2.00. The zero-order valence-electron chi connectivity index (χ0n) is 10.5. The van der Waals surface area contributed by atoms with Gasteiger partial charge in [0.25, 0.3) is 0 Å². The van der Waals surface area contributed by atoms with Crippen LogP contribution in [0.25, 0.3) is 10.6 Å². The number of esters is 1. The zero-order valence-corrected chi connectivity index (χ0v) is 12.9. The lowest BCUT2D eigenvalue weighted by Crippen LogP contribution is -2.03. The highest BCUT2D eigenvalue weighted by atomic mass is 32.1. The number of ether oxygens (including phenoxy) is 1. The zero-order chi connectivity index (χ0) is 13.7. The largest absolute Gasteiger partial charge is 0.466 e. The molecule has 0 saturated heterocycles. The predicted molar refractivity (Wildman–Crippen MR) is 80.2 cm³/mol. The molecule has 0 aliphatic rings. The van der Waals surface area contributed by atoms with Crippen LogP contribution >= 0.6 is 34.9 Å². The third kappa shape index (κ3) is 4.22. The quantitative estimate of drug-likeness (QED) is 0.650. The molecule has 2 aromatic rings. The molecule has 1 N–H and O–H groups in total. The van der Waals surface area contributed by atoms with Crippen LogP contribution < -0.4 is 0 Å². The average molecular weight is 314 g/mol. The van der Waals surface area contributed by atoms with E-state index in [1.54, 1.807) is 11.3 Å². The van der Waals surface area contributed by atoms with Gasteiger partial charge < -0.3 is 4.74 Å². The summed E-state index contributed by atoms with van der Waals surface area (Å²) >= 11 is 8.17. The van der Waals surface area contributed by atoms with Gasteiger partial charge in [0.2, 0.25) is 0 Å². The fourth-order valence-electron chi connectivity index (χ4n) is 1.62. The van der Waals surface area contributed by atoms with Crippen molar-refractivity contribution >= 4 is 40.9 Å². The Hall–Kier alpha value is -1.05. The van der Waals surface area contributed by atoms with Gasteiger partial charge in [-0.05, 0) is 38.0 Å². The van der Waals surface area contributed by atoms with Crippen molar-refractivity contribution in [2.45, 2.75) is 26.2 Å². The molecule has 2 rings (SSSR count). The number of hydrogen-bond acceptors (Lipinski definition) is 6. The molecule has 4 nitrogen and oxygen atoms in total. The summed E-state index contributed by atoms with van der Waals surface area (Å²) in [6.07, 6.45) is 2.18. The first-order valence-electron chi connectivity index (χ1n) is 5.98. The monoisotopic (exact) mass is 314 g/mol. The molecular weight excluding hydrogens is 300 g/mol. The van der Waals surface area contributed by atoms with Crippen molar-refractivity contribution in [3.8, 4) is 10.6 Å². The second-order valence-electron chi connectivity index (χ2n) is 3.88. The van der Waals surface area contributed by atoms with E-state index in [0.29, 0.717) is 17.0 Å². The number of nitrogens with zero attached hydrogens (tertiary/aromatic N) is 1. The van der Waals surface area contributed by atoms with E-state index in [1.165, 1.54) is 16.2 Å². The van der Waals surface area contributed by atoms with E-state index >= 15 is 0 Å². The van der Waals surface area contributed by atoms with Crippen LogP contribution in [0.2, 0.25) is 0 Å². The van der Waals surface area contributed by atoms with Gasteiger partial charge in [-0.3, -0.25) is 9.89 Å². The lowest BCUT2D eigenvalue weighted by molar-refractivity contribution is -0.143. The van der Waals surface area contributed by atoms with Crippen LogP contribution in [0.4, 0.5) is 0 Å². The van der Waals surface area contributed by atoms with Crippen molar-refractivity contribution < 1.29 is 9.53 Å². The SMILES string of the molecule is CCOC(=O)CCCc1cc(-c2n[nH]c(=S)s2)cs1. The fraction of sp³-hybridized carbons (Fsp3) is 0.417. The van der Waals surface area contributed by atoms with Crippen LogP contribution in [-0.2, 0) is 16.0 Å². The molecule has 0 spiro atoms. The van der Waals surface area contributed by atoms with E-state index in [9.17, 15) is 4.79 Å². The maximum atomic E-state index is 11.2. The van der Waals surface area contributed by atoms with Gasteiger partial charge in [0.05, 0.1) is 6.61 Å². The van der Waals surface area contributed by atoms with Crippen LogP contribution in [-0.4, -0.2) is 22.8 Å². The normalized spacial score (nSPS) is 10.6. The summed E-state index contributed by atoms with van der Waals surface area (Å²) in [5, 5.41) is 9.91. The van der Waals surface area contributed by atoms with Crippen LogP contribution in [0, 0.1) is 3.95 Å². The summed E-state index contributed by atoms with van der Waals surface area (Å²) in [5.74, 6) is -0.121. The summed E-state index contributed by atoms with van der Waals surface area (Å²) in [7, 11) is 0. The van der Waals surface area contributed by atoms with Gasteiger partial charge in [0.1, 0.15) is 5.01 Å². The van der Waals surface area contributed by atoms with E-state index in [4.69, 9.17) is 17.0 Å². The Bertz CT molecular complexity index is 600. The molecule has 102 valence electrons. The molecule has 2 aromatic heterocycles. The smallest absolute Gasteiger partial charge is 0.305 e. The molecule has 0 amide bonds. The van der Waals surface area contributed by atoms with Crippen molar-refractivity contribution in [2.75, 3.05) is 6.61 Å². The third-order valence-corrected chi connectivity index (χ3v) is 4.58. The van der Waals surface area contributed by atoms with E-state index in [-0.39, 0.29) is 5.97 Å². The maximum Gasteiger partial charge on any atom is 0.305 e. The number of rotatable bonds is 6. The third-order valence-electron chi connectivity index (χ3n) is 2.45. The van der Waals surface area contributed by atoms with Gasteiger partial charge in [0.15, 0.2) is 3.95 Å². The minimum Gasteiger partial charge on any atom is -0.466 e. The first kappa shape index (κ1) is 14.4. The molecule has 19 heavy (non-hydrogen) atoms. The summed E-state index contributed by atoms with van der Waals surface area (Å²) < 4.78 is 5.58. The fourth-order valence-corrected chi connectivity index (χ4v) is 3.48. The summed E-state index contributed by atoms with van der Waals surface area (Å²) in [4.78, 5) is 12.5. The van der Waals surface area contributed by atoms with Gasteiger partial charge in [0, 0.05) is 22.2 Å². The van der Waals surface area contributed by atoms with Crippen molar-refractivity contribution in [1.29, 1.82) is 0 Å². The number of carbonyl (C=O) groups excluding carboxylic acids is 1. The Morgan fingerprint density at radius 2 is 2.42 bits per heavy atom. The summed E-state index contributed by atoms with van der Waals surface area (Å²) in [6, 6.07) is 2.11. The summed E-state index contributed by atoms with van der Waals surface area (Å²) in [5.41, 5.74) is 1.09. The van der Waals surface area contributed by atoms with E-state index < -0.39 is 0 Å². The molecule has 0 bridgehead atoms. The Balaban J connectivity index is 1.88. The van der Waals surface area contributed by atoms with Crippen LogP contribution in [0.15, 0.2) is 11.4 Å². The highest BCUT2D eigenvalue weighted by Gasteiger charge is 2.07. The lowest BCUT2D eigenvalue weighted by atomic mass is 10.2. The number of nitrogens with one attached hydrogen (secondary N) is 1. The Morgan fingerprint density at radius 3 is 3.11 bits per heavy atom. The van der Waals surface area contributed by atoms with Crippen molar-refractivity contribution in [1.82, 2.24) is 10.2 Å². The average Bonchev–Trinajstić information content (AvgIpc) is 2.98. The van der Waals surface area contributed by atoms with E-state index in [2.05, 4.69) is 21.6 Å². The maximum absolute atomic E-state index is 11.2. The van der Waals surface area contributed by atoms with Crippen molar-refractivity contribution in [3.63, 3.8) is 0 Å².